The van der Waals surface area contributed by atoms with Crippen LogP contribution in [0.4, 0.5) is 5.69 Å². The van der Waals surface area contributed by atoms with Crippen molar-refractivity contribution in [3.8, 4) is 11.1 Å². The number of fused-ring (bicyclic) bond motifs is 1. The van der Waals surface area contributed by atoms with E-state index in [0.717, 1.165) is 36.9 Å². The summed E-state index contributed by atoms with van der Waals surface area (Å²) < 4.78 is 0. The van der Waals surface area contributed by atoms with E-state index < -0.39 is 0 Å². The fourth-order valence-electron chi connectivity index (χ4n) is 3.18. The van der Waals surface area contributed by atoms with Gasteiger partial charge in [-0.25, -0.2) is 0 Å². The van der Waals surface area contributed by atoms with Crippen LogP contribution in [0, 0.1) is 0 Å². The Labute approximate surface area is 182 Å². The zero-order valence-electron chi connectivity index (χ0n) is 18.9. The van der Waals surface area contributed by atoms with Gasteiger partial charge in [-0.3, -0.25) is 4.79 Å². The SMILES string of the molecule is C=CC.CC.CN1CCCc2cc(-c3ccc(C=O)cc3)ccc21.NC1=CC=CC1. The lowest BCUT2D eigenvalue weighted by molar-refractivity contribution is 0.112. The normalized spacial score (nSPS) is 13.2. The average Bonchev–Trinajstić information content (AvgIpc) is 3.27. The zero-order chi connectivity index (χ0) is 22.4. The monoisotopic (exact) mass is 404 g/mol. The highest BCUT2D eigenvalue weighted by atomic mass is 16.1. The molecule has 0 bridgehead atoms. The first kappa shape index (κ1) is 25.0. The Hall–Kier alpha value is -3.07. The summed E-state index contributed by atoms with van der Waals surface area (Å²) in [7, 11) is 2.15. The number of allylic oxidation sites excluding steroid dienone is 4. The predicted octanol–water partition coefficient (Wildman–Crippen LogP) is 6.56. The summed E-state index contributed by atoms with van der Waals surface area (Å²) in [6.07, 6.45) is 11.9. The number of nitrogens with zero attached hydrogens (tertiary/aromatic N) is 1. The van der Waals surface area contributed by atoms with Crippen molar-refractivity contribution in [2.45, 2.75) is 40.0 Å². The maximum Gasteiger partial charge on any atom is 0.150 e. The molecule has 2 aromatic carbocycles. The first-order valence-electron chi connectivity index (χ1n) is 10.7. The third kappa shape index (κ3) is 7.75. The van der Waals surface area contributed by atoms with E-state index in [4.69, 9.17) is 5.73 Å². The average molecular weight is 405 g/mol. The number of carbonyl (C=O) groups excluding carboxylic acids is 1. The number of aryl methyl sites for hydroxylation is 1. The Morgan fingerprint density at radius 2 is 1.70 bits per heavy atom. The smallest absolute Gasteiger partial charge is 0.150 e. The first-order valence-corrected chi connectivity index (χ1v) is 10.7. The van der Waals surface area contributed by atoms with Crippen molar-refractivity contribution in [2.24, 2.45) is 5.73 Å². The third-order valence-corrected chi connectivity index (χ3v) is 4.61. The number of nitrogens with two attached hydrogens (primary N) is 1. The van der Waals surface area contributed by atoms with Crippen LogP contribution in [0.1, 0.15) is 49.5 Å². The molecular weight excluding hydrogens is 368 g/mol. The Bertz CT molecular complexity index is 848. The molecule has 3 heteroatoms. The fourth-order valence-corrected chi connectivity index (χ4v) is 3.18. The van der Waals surface area contributed by atoms with Crippen LogP contribution in [0.15, 0.2) is 79.0 Å². The minimum Gasteiger partial charge on any atom is -0.402 e. The minimum absolute atomic E-state index is 0.724. The van der Waals surface area contributed by atoms with E-state index in [-0.39, 0.29) is 0 Å². The van der Waals surface area contributed by atoms with Crippen molar-refractivity contribution in [3.05, 3.63) is 90.2 Å². The molecule has 1 aliphatic carbocycles. The molecule has 2 aromatic rings. The number of anilines is 1. The van der Waals surface area contributed by atoms with Gasteiger partial charge in [0.15, 0.2) is 0 Å². The van der Waals surface area contributed by atoms with Crippen molar-refractivity contribution >= 4 is 12.0 Å². The van der Waals surface area contributed by atoms with Gasteiger partial charge in [-0.05, 0) is 54.7 Å². The van der Waals surface area contributed by atoms with Crippen LogP contribution in [0.2, 0.25) is 0 Å². The van der Waals surface area contributed by atoms with Crippen molar-refractivity contribution in [2.75, 3.05) is 18.5 Å². The molecule has 0 atom stereocenters. The Kier molecular flexibility index (Phi) is 11.7. The second-order valence-corrected chi connectivity index (χ2v) is 6.89. The van der Waals surface area contributed by atoms with E-state index in [0.29, 0.717) is 0 Å². The van der Waals surface area contributed by atoms with Crippen molar-refractivity contribution in [1.29, 1.82) is 0 Å². The molecule has 0 fully saturated rings. The van der Waals surface area contributed by atoms with Crippen LogP contribution in [0.25, 0.3) is 11.1 Å². The van der Waals surface area contributed by atoms with Gasteiger partial charge < -0.3 is 10.6 Å². The van der Waals surface area contributed by atoms with E-state index in [1.807, 2.05) is 63.3 Å². The molecule has 0 saturated carbocycles. The van der Waals surface area contributed by atoms with Crippen molar-refractivity contribution in [3.63, 3.8) is 0 Å². The van der Waals surface area contributed by atoms with E-state index >= 15 is 0 Å². The lowest BCUT2D eigenvalue weighted by Crippen LogP contribution is -2.24. The van der Waals surface area contributed by atoms with Gasteiger partial charge in [0.05, 0.1) is 0 Å². The van der Waals surface area contributed by atoms with Crippen LogP contribution in [-0.4, -0.2) is 19.9 Å². The Balaban J connectivity index is 0.000000340. The van der Waals surface area contributed by atoms with Gasteiger partial charge in [-0.1, -0.05) is 62.4 Å². The molecule has 0 spiro atoms. The topological polar surface area (TPSA) is 46.3 Å². The zero-order valence-corrected chi connectivity index (χ0v) is 18.9. The van der Waals surface area contributed by atoms with Gasteiger partial charge in [0, 0.05) is 37.0 Å². The van der Waals surface area contributed by atoms with Crippen LogP contribution < -0.4 is 10.6 Å². The van der Waals surface area contributed by atoms with Gasteiger partial charge >= 0.3 is 0 Å². The molecule has 0 radical (unpaired) electrons. The molecular formula is C27H36N2O. The van der Waals surface area contributed by atoms with Crippen LogP contribution in [0.5, 0.6) is 0 Å². The van der Waals surface area contributed by atoms with Crippen molar-refractivity contribution in [1.82, 2.24) is 0 Å². The van der Waals surface area contributed by atoms with Gasteiger partial charge in [0.25, 0.3) is 0 Å². The summed E-state index contributed by atoms with van der Waals surface area (Å²) in [6.45, 7) is 10.4. The van der Waals surface area contributed by atoms with E-state index in [1.165, 1.54) is 28.8 Å². The van der Waals surface area contributed by atoms with Gasteiger partial charge in [0.1, 0.15) is 6.29 Å². The number of hydrogen-bond acceptors (Lipinski definition) is 3. The fraction of sp³-hybridized carbons (Fsp3) is 0.296. The molecule has 3 nitrogen and oxygen atoms in total. The van der Waals surface area contributed by atoms with E-state index in [1.54, 1.807) is 6.08 Å². The third-order valence-electron chi connectivity index (χ3n) is 4.61. The second kappa shape index (κ2) is 14.0. The quantitative estimate of drug-likeness (QED) is 0.456. The summed E-state index contributed by atoms with van der Waals surface area (Å²) in [5.74, 6) is 0. The number of benzene rings is 2. The van der Waals surface area contributed by atoms with E-state index in [2.05, 4.69) is 36.7 Å². The molecule has 30 heavy (non-hydrogen) atoms. The molecule has 160 valence electrons. The molecule has 0 aromatic heterocycles. The largest absolute Gasteiger partial charge is 0.402 e. The van der Waals surface area contributed by atoms with E-state index in [9.17, 15) is 4.79 Å². The number of hydrogen-bond donors (Lipinski definition) is 1. The maximum absolute atomic E-state index is 10.7. The summed E-state index contributed by atoms with van der Waals surface area (Å²) >= 11 is 0. The first-order chi connectivity index (χ1) is 14.6. The molecule has 4 rings (SSSR count). The van der Waals surface area contributed by atoms with Crippen molar-refractivity contribution < 1.29 is 4.79 Å². The molecule has 2 N–H and O–H groups in total. The maximum atomic E-state index is 10.7. The van der Waals surface area contributed by atoms with Crippen LogP contribution >= 0.6 is 0 Å². The van der Waals surface area contributed by atoms with Crippen LogP contribution in [-0.2, 0) is 6.42 Å². The summed E-state index contributed by atoms with van der Waals surface area (Å²) in [6, 6.07) is 14.4. The lowest BCUT2D eigenvalue weighted by Gasteiger charge is -2.27. The minimum atomic E-state index is 0.724. The highest BCUT2D eigenvalue weighted by molar-refractivity contribution is 5.77. The summed E-state index contributed by atoms with van der Waals surface area (Å²) in [4.78, 5) is 13.0. The summed E-state index contributed by atoms with van der Waals surface area (Å²) in [5.41, 5.74) is 12.2. The molecule has 1 aliphatic heterocycles. The number of carbonyl (C=O) groups is 1. The highest BCUT2D eigenvalue weighted by Crippen LogP contribution is 2.30. The second-order valence-electron chi connectivity index (χ2n) is 6.89. The Morgan fingerprint density at radius 1 is 1.07 bits per heavy atom. The highest BCUT2D eigenvalue weighted by Gasteiger charge is 2.13. The molecule has 0 saturated heterocycles. The molecule has 0 amide bonds. The predicted molar refractivity (Wildman–Crippen MR) is 132 cm³/mol. The standard InChI is InChI=1S/C17H17NO.C5H7N.C3H6.C2H6/c1-18-10-2-3-16-11-15(8-9-17(16)18)14-6-4-13(12-19)5-7-14;6-5-3-1-2-4-5;1-3-2;1-2/h4-9,11-12H,2-3,10H2,1H3;1-3H,4,6H2;3H,1H2,2H3;1-2H3. The lowest BCUT2D eigenvalue weighted by atomic mass is 9.96. The summed E-state index contributed by atoms with van der Waals surface area (Å²) in [5, 5.41) is 0. The van der Waals surface area contributed by atoms with Crippen LogP contribution in [0.3, 0.4) is 0 Å². The van der Waals surface area contributed by atoms with Gasteiger partial charge in [-0.2, -0.15) is 0 Å². The number of rotatable bonds is 2. The Morgan fingerprint density at radius 3 is 2.20 bits per heavy atom. The van der Waals surface area contributed by atoms with Gasteiger partial charge in [0.2, 0.25) is 0 Å². The van der Waals surface area contributed by atoms with Gasteiger partial charge in [-0.15, -0.1) is 6.58 Å². The molecule has 1 heterocycles. The number of aldehydes is 1. The molecule has 2 aliphatic rings. The molecule has 0 unspecified atom stereocenters.